The summed E-state index contributed by atoms with van der Waals surface area (Å²) in [5, 5.41) is 12.9. The number of carbonyl (C=O) groups is 1. The number of aliphatic hydroxyl groups is 1. The molecule has 0 aliphatic carbocycles. The van der Waals surface area contributed by atoms with E-state index in [2.05, 4.69) is 5.32 Å². The number of nitrogens with one attached hydrogen (secondary N) is 1. The van der Waals surface area contributed by atoms with Crippen molar-refractivity contribution in [3.8, 4) is 0 Å². The SMILES string of the molecule is CC(C)C(O)C(C)(C)CNC(=O)COC(C)(C)C. The van der Waals surface area contributed by atoms with E-state index in [0.29, 0.717) is 6.54 Å². The summed E-state index contributed by atoms with van der Waals surface area (Å²) in [7, 11) is 0. The first kappa shape index (κ1) is 17.4. The van der Waals surface area contributed by atoms with E-state index in [1.165, 1.54) is 0 Å². The fourth-order valence-electron chi connectivity index (χ4n) is 1.67. The molecule has 1 amide bonds. The Morgan fingerprint density at radius 3 is 2.11 bits per heavy atom. The number of rotatable bonds is 6. The van der Waals surface area contributed by atoms with Crippen LogP contribution in [0.15, 0.2) is 0 Å². The summed E-state index contributed by atoms with van der Waals surface area (Å²) in [4.78, 5) is 11.6. The van der Waals surface area contributed by atoms with Gasteiger partial charge in [-0.2, -0.15) is 0 Å². The fraction of sp³-hybridized carbons (Fsp3) is 0.929. The second-order valence-corrected chi connectivity index (χ2v) is 6.86. The molecular weight excluding hydrogens is 230 g/mol. The van der Waals surface area contributed by atoms with Crippen molar-refractivity contribution in [1.82, 2.24) is 5.32 Å². The zero-order chi connectivity index (χ0) is 14.6. The van der Waals surface area contributed by atoms with Gasteiger partial charge < -0.3 is 15.2 Å². The van der Waals surface area contributed by atoms with Gasteiger partial charge in [0.15, 0.2) is 0 Å². The molecule has 4 nitrogen and oxygen atoms in total. The zero-order valence-corrected chi connectivity index (χ0v) is 12.8. The Hall–Kier alpha value is -0.610. The maximum absolute atomic E-state index is 11.6. The maximum atomic E-state index is 11.6. The zero-order valence-electron chi connectivity index (χ0n) is 12.8. The molecule has 0 fully saturated rings. The summed E-state index contributed by atoms with van der Waals surface area (Å²) in [6.45, 7) is 14.1. The Balaban J connectivity index is 4.12. The van der Waals surface area contributed by atoms with Crippen molar-refractivity contribution in [1.29, 1.82) is 0 Å². The molecule has 0 radical (unpaired) electrons. The third kappa shape index (κ3) is 6.97. The van der Waals surface area contributed by atoms with Crippen LogP contribution in [0.1, 0.15) is 48.5 Å². The molecule has 0 saturated heterocycles. The topological polar surface area (TPSA) is 58.6 Å². The molecule has 0 aliphatic rings. The van der Waals surface area contributed by atoms with Gasteiger partial charge in [-0.3, -0.25) is 4.79 Å². The van der Waals surface area contributed by atoms with Crippen LogP contribution < -0.4 is 5.32 Å². The van der Waals surface area contributed by atoms with Crippen molar-refractivity contribution >= 4 is 5.91 Å². The lowest BCUT2D eigenvalue weighted by Gasteiger charge is -2.33. The van der Waals surface area contributed by atoms with Crippen molar-refractivity contribution in [3.05, 3.63) is 0 Å². The Bertz CT molecular complexity index is 267. The normalized spacial score (nSPS) is 14.7. The lowest BCUT2D eigenvalue weighted by molar-refractivity contribution is -0.131. The third-order valence-electron chi connectivity index (χ3n) is 2.81. The highest BCUT2D eigenvalue weighted by molar-refractivity contribution is 5.77. The molecule has 2 N–H and O–H groups in total. The van der Waals surface area contributed by atoms with Gasteiger partial charge >= 0.3 is 0 Å². The van der Waals surface area contributed by atoms with Gasteiger partial charge in [-0.15, -0.1) is 0 Å². The van der Waals surface area contributed by atoms with Gasteiger partial charge in [-0.05, 0) is 26.7 Å². The van der Waals surface area contributed by atoms with Crippen LogP contribution in [-0.4, -0.2) is 35.9 Å². The molecule has 18 heavy (non-hydrogen) atoms. The minimum atomic E-state index is -0.443. The molecule has 0 heterocycles. The van der Waals surface area contributed by atoms with E-state index in [9.17, 15) is 9.90 Å². The smallest absolute Gasteiger partial charge is 0.246 e. The summed E-state index contributed by atoms with van der Waals surface area (Å²) in [6.07, 6.45) is -0.443. The van der Waals surface area contributed by atoms with Crippen LogP contribution in [0.2, 0.25) is 0 Å². The lowest BCUT2D eigenvalue weighted by atomic mass is 9.81. The number of carbonyl (C=O) groups excluding carboxylic acids is 1. The molecule has 1 unspecified atom stereocenters. The van der Waals surface area contributed by atoms with Gasteiger partial charge in [0.25, 0.3) is 0 Å². The van der Waals surface area contributed by atoms with Crippen LogP contribution in [0.5, 0.6) is 0 Å². The first-order valence-corrected chi connectivity index (χ1v) is 6.54. The first-order valence-electron chi connectivity index (χ1n) is 6.54. The van der Waals surface area contributed by atoms with E-state index >= 15 is 0 Å². The van der Waals surface area contributed by atoms with Crippen LogP contribution in [0.3, 0.4) is 0 Å². The third-order valence-corrected chi connectivity index (χ3v) is 2.81. The quantitative estimate of drug-likeness (QED) is 0.766. The van der Waals surface area contributed by atoms with E-state index in [0.717, 1.165) is 0 Å². The van der Waals surface area contributed by atoms with E-state index in [-0.39, 0.29) is 29.4 Å². The molecule has 0 aromatic rings. The Morgan fingerprint density at radius 1 is 1.22 bits per heavy atom. The van der Waals surface area contributed by atoms with Crippen LogP contribution >= 0.6 is 0 Å². The van der Waals surface area contributed by atoms with Gasteiger partial charge in [0.1, 0.15) is 6.61 Å². The highest BCUT2D eigenvalue weighted by Crippen LogP contribution is 2.24. The number of hydrogen-bond donors (Lipinski definition) is 2. The second kappa shape index (κ2) is 6.53. The summed E-state index contributed by atoms with van der Waals surface area (Å²) < 4.78 is 5.39. The molecule has 0 spiro atoms. The van der Waals surface area contributed by atoms with Gasteiger partial charge in [0.05, 0.1) is 11.7 Å². The standard InChI is InChI=1S/C14H29NO3/c1-10(2)12(17)14(6,7)9-15-11(16)8-18-13(3,4)5/h10,12,17H,8-9H2,1-7H3,(H,15,16). The van der Waals surface area contributed by atoms with Crippen molar-refractivity contribution in [2.45, 2.75) is 60.2 Å². The number of hydrogen-bond acceptors (Lipinski definition) is 3. The largest absolute Gasteiger partial charge is 0.392 e. The van der Waals surface area contributed by atoms with E-state index in [4.69, 9.17) is 4.74 Å². The van der Waals surface area contributed by atoms with Crippen LogP contribution in [-0.2, 0) is 9.53 Å². The fourth-order valence-corrected chi connectivity index (χ4v) is 1.67. The summed E-state index contributed by atoms with van der Waals surface area (Å²) in [5.41, 5.74) is -0.657. The second-order valence-electron chi connectivity index (χ2n) is 6.86. The molecule has 0 aliphatic heterocycles. The Labute approximate surface area is 111 Å². The van der Waals surface area contributed by atoms with Crippen LogP contribution in [0, 0.1) is 11.3 Å². The number of amides is 1. The van der Waals surface area contributed by atoms with Gasteiger partial charge in [-0.1, -0.05) is 27.7 Å². The summed E-state index contributed by atoms with van der Waals surface area (Å²) >= 11 is 0. The van der Waals surface area contributed by atoms with Gasteiger partial charge in [0, 0.05) is 12.0 Å². The highest BCUT2D eigenvalue weighted by atomic mass is 16.5. The molecule has 108 valence electrons. The van der Waals surface area contributed by atoms with E-state index in [1.807, 2.05) is 48.5 Å². The molecule has 0 aromatic carbocycles. The monoisotopic (exact) mass is 259 g/mol. The Morgan fingerprint density at radius 2 is 1.72 bits per heavy atom. The van der Waals surface area contributed by atoms with Crippen LogP contribution in [0.4, 0.5) is 0 Å². The molecule has 0 aromatic heterocycles. The van der Waals surface area contributed by atoms with Crippen molar-refractivity contribution in [2.75, 3.05) is 13.2 Å². The minimum Gasteiger partial charge on any atom is -0.392 e. The van der Waals surface area contributed by atoms with E-state index in [1.54, 1.807) is 0 Å². The van der Waals surface area contributed by atoms with Crippen molar-refractivity contribution in [3.63, 3.8) is 0 Å². The average molecular weight is 259 g/mol. The minimum absolute atomic E-state index is 0.0529. The number of aliphatic hydroxyl groups excluding tert-OH is 1. The lowest BCUT2D eigenvalue weighted by Crippen LogP contribution is -2.44. The van der Waals surface area contributed by atoms with Gasteiger partial charge in [0.2, 0.25) is 5.91 Å². The van der Waals surface area contributed by atoms with E-state index < -0.39 is 6.10 Å². The highest BCUT2D eigenvalue weighted by Gasteiger charge is 2.30. The molecular formula is C14H29NO3. The summed E-state index contributed by atoms with van der Waals surface area (Å²) in [6, 6.07) is 0. The predicted molar refractivity (Wildman–Crippen MR) is 73.3 cm³/mol. The number of ether oxygens (including phenoxy) is 1. The molecule has 0 bridgehead atoms. The van der Waals surface area contributed by atoms with Crippen LogP contribution in [0.25, 0.3) is 0 Å². The average Bonchev–Trinajstić information content (AvgIpc) is 2.21. The maximum Gasteiger partial charge on any atom is 0.246 e. The summed E-state index contributed by atoms with van der Waals surface area (Å²) in [5.74, 6) is 0.0247. The molecule has 4 heteroatoms. The molecule has 0 saturated carbocycles. The van der Waals surface area contributed by atoms with Gasteiger partial charge in [-0.25, -0.2) is 0 Å². The first-order chi connectivity index (χ1) is 7.96. The molecule has 0 rings (SSSR count). The Kier molecular flexibility index (Phi) is 6.30. The predicted octanol–water partition coefficient (Wildman–Crippen LogP) is 1.96. The van der Waals surface area contributed by atoms with Crippen molar-refractivity contribution < 1.29 is 14.6 Å². The molecule has 1 atom stereocenters. The van der Waals surface area contributed by atoms with Crippen molar-refractivity contribution in [2.24, 2.45) is 11.3 Å².